The maximum Gasteiger partial charge on any atom is 0.175 e. The largest absolute Gasteiger partial charge is 0.303 e. The van der Waals surface area contributed by atoms with Crippen LogP contribution in [0.2, 0.25) is 0 Å². The minimum Gasteiger partial charge on any atom is -0.303 e. The van der Waals surface area contributed by atoms with Gasteiger partial charge >= 0.3 is 0 Å². The zero-order valence-corrected chi connectivity index (χ0v) is 11.3. The summed E-state index contributed by atoms with van der Waals surface area (Å²) in [5, 5.41) is 0. The van der Waals surface area contributed by atoms with Crippen molar-refractivity contribution in [3.8, 4) is 0 Å². The number of hydrogen-bond donors (Lipinski definition) is 1. The van der Waals surface area contributed by atoms with Crippen LogP contribution in [-0.2, 0) is 11.2 Å². The fourth-order valence-electron chi connectivity index (χ4n) is 2.50. The molecule has 2 N–H and O–H groups in total. The van der Waals surface area contributed by atoms with Gasteiger partial charge in [-0.05, 0) is 12.5 Å². The summed E-state index contributed by atoms with van der Waals surface area (Å²) < 4.78 is 0. The van der Waals surface area contributed by atoms with Gasteiger partial charge in [0.25, 0.3) is 0 Å². The first-order valence-electron chi connectivity index (χ1n) is 6.66. The Labute approximate surface area is 118 Å². The number of hydrogen-bond acceptors (Lipinski definition) is 3. The number of benzene rings is 2. The third kappa shape index (κ3) is 2.28. The van der Waals surface area contributed by atoms with Gasteiger partial charge in [0.05, 0.1) is 5.71 Å². The smallest absolute Gasteiger partial charge is 0.175 e. The topological polar surface area (TPSA) is 55.5 Å². The number of nitrogens with two attached hydrogens (primary N) is 1. The van der Waals surface area contributed by atoms with E-state index < -0.39 is 6.17 Å². The molecule has 2 aromatic rings. The molecule has 1 aliphatic rings. The molecule has 0 aliphatic carbocycles. The second kappa shape index (κ2) is 5.02. The van der Waals surface area contributed by atoms with E-state index in [9.17, 15) is 4.79 Å². The SMILES string of the molecule is Cc1ccc2c(c1)CC(=O)C(N)N=C2c1ccccc1. The lowest BCUT2D eigenvalue weighted by molar-refractivity contribution is -0.119. The minimum absolute atomic E-state index is 0.0391. The predicted octanol–water partition coefficient (Wildman–Crippen LogP) is 2.24. The number of aliphatic imine (C=N–C) groups is 1. The molecule has 0 amide bonds. The number of ketones is 1. The van der Waals surface area contributed by atoms with Crippen molar-refractivity contribution in [2.24, 2.45) is 10.7 Å². The van der Waals surface area contributed by atoms with Gasteiger partial charge < -0.3 is 5.73 Å². The van der Waals surface area contributed by atoms with Gasteiger partial charge in [-0.1, -0.05) is 54.1 Å². The molecular weight excluding hydrogens is 248 g/mol. The van der Waals surface area contributed by atoms with E-state index in [-0.39, 0.29) is 5.78 Å². The van der Waals surface area contributed by atoms with Crippen LogP contribution >= 0.6 is 0 Å². The van der Waals surface area contributed by atoms with E-state index in [1.54, 1.807) is 0 Å². The summed E-state index contributed by atoms with van der Waals surface area (Å²) in [6.07, 6.45) is -0.434. The third-order valence-electron chi connectivity index (χ3n) is 3.53. The molecule has 0 saturated carbocycles. The Balaban J connectivity index is 2.22. The monoisotopic (exact) mass is 264 g/mol. The number of fused-ring (bicyclic) bond motifs is 1. The summed E-state index contributed by atoms with van der Waals surface area (Å²) in [6.45, 7) is 2.02. The number of carbonyl (C=O) groups excluding carboxylic acids is 1. The normalized spacial score (nSPS) is 18.2. The van der Waals surface area contributed by atoms with Crippen molar-refractivity contribution in [1.29, 1.82) is 0 Å². The number of aryl methyl sites for hydroxylation is 1. The Hall–Kier alpha value is -2.26. The summed E-state index contributed by atoms with van der Waals surface area (Å²) >= 11 is 0. The number of Topliss-reactive ketones (excluding diaryl/α,β-unsaturated/α-hetero) is 1. The molecule has 3 rings (SSSR count). The highest BCUT2D eigenvalue weighted by atomic mass is 16.1. The van der Waals surface area contributed by atoms with E-state index in [4.69, 9.17) is 5.73 Å². The molecule has 1 atom stereocenters. The first kappa shape index (κ1) is 12.8. The summed E-state index contributed by atoms with van der Waals surface area (Å²) in [5.74, 6) is -0.0391. The van der Waals surface area contributed by atoms with E-state index in [1.165, 1.54) is 0 Å². The van der Waals surface area contributed by atoms with Crippen molar-refractivity contribution in [3.63, 3.8) is 0 Å². The average molecular weight is 264 g/mol. The van der Waals surface area contributed by atoms with Crippen LogP contribution < -0.4 is 5.73 Å². The second-order valence-corrected chi connectivity index (χ2v) is 5.09. The van der Waals surface area contributed by atoms with Crippen molar-refractivity contribution in [1.82, 2.24) is 0 Å². The van der Waals surface area contributed by atoms with Crippen LogP contribution in [0.5, 0.6) is 0 Å². The van der Waals surface area contributed by atoms with Crippen molar-refractivity contribution < 1.29 is 4.79 Å². The Morgan fingerprint density at radius 1 is 1.15 bits per heavy atom. The highest BCUT2D eigenvalue weighted by Crippen LogP contribution is 2.21. The Bertz CT molecular complexity index is 689. The van der Waals surface area contributed by atoms with Gasteiger partial charge in [-0.25, -0.2) is 0 Å². The molecule has 0 fully saturated rings. The summed E-state index contributed by atoms with van der Waals surface area (Å²) in [6, 6.07) is 16.0. The molecule has 3 heteroatoms. The third-order valence-corrected chi connectivity index (χ3v) is 3.53. The standard InChI is InChI=1S/C17H16N2O/c1-11-7-8-14-13(9-11)10-15(20)17(18)19-16(14)12-5-3-2-4-6-12/h2-9,17H,10,18H2,1H3. The van der Waals surface area contributed by atoms with Gasteiger partial charge in [0.2, 0.25) is 0 Å². The number of rotatable bonds is 1. The lowest BCUT2D eigenvalue weighted by Crippen LogP contribution is -2.29. The average Bonchev–Trinajstić information content (AvgIpc) is 2.57. The van der Waals surface area contributed by atoms with Gasteiger partial charge in [0.1, 0.15) is 0 Å². The second-order valence-electron chi connectivity index (χ2n) is 5.09. The fraction of sp³-hybridized carbons (Fsp3) is 0.176. The molecular formula is C17H16N2O. The lowest BCUT2D eigenvalue weighted by Gasteiger charge is -2.10. The van der Waals surface area contributed by atoms with E-state index in [2.05, 4.69) is 4.99 Å². The first-order valence-corrected chi connectivity index (χ1v) is 6.66. The molecule has 1 heterocycles. The Kier molecular flexibility index (Phi) is 3.20. The van der Waals surface area contributed by atoms with Gasteiger partial charge in [-0.3, -0.25) is 9.79 Å². The molecule has 1 aliphatic heterocycles. The summed E-state index contributed by atoms with van der Waals surface area (Å²) in [5.41, 5.74) is 10.8. The Morgan fingerprint density at radius 3 is 2.65 bits per heavy atom. The number of nitrogens with zero attached hydrogens (tertiary/aromatic N) is 1. The van der Waals surface area contributed by atoms with Crippen LogP contribution in [0.3, 0.4) is 0 Å². The van der Waals surface area contributed by atoms with Crippen molar-refractivity contribution in [2.45, 2.75) is 19.5 Å². The number of carbonyl (C=O) groups is 1. The van der Waals surface area contributed by atoms with E-state index in [1.807, 2.05) is 55.5 Å². The molecule has 20 heavy (non-hydrogen) atoms. The van der Waals surface area contributed by atoms with Crippen LogP contribution in [0.1, 0.15) is 22.3 Å². The highest BCUT2D eigenvalue weighted by Gasteiger charge is 2.23. The maximum absolute atomic E-state index is 12.0. The van der Waals surface area contributed by atoms with Gasteiger partial charge in [0.15, 0.2) is 11.9 Å². The van der Waals surface area contributed by atoms with Crippen molar-refractivity contribution >= 4 is 11.5 Å². The Morgan fingerprint density at radius 2 is 1.90 bits per heavy atom. The van der Waals surface area contributed by atoms with Crippen LogP contribution in [0, 0.1) is 6.92 Å². The summed E-state index contributed by atoms with van der Waals surface area (Å²) in [4.78, 5) is 16.5. The lowest BCUT2D eigenvalue weighted by atomic mass is 9.94. The van der Waals surface area contributed by atoms with Crippen LogP contribution in [0.4, 0.5) is 0 Å². The van der Waals surface area contributed by atoms with Gasteiger partial charge in [-0.15, -0.1) is 0 Å². The minimum atomic E-state index is -0.780. The van der Waals surface area contributed by atoms with Crippen molar-refractivity contribution in [2.75, 3.05) is 0 Å². The van der Waals surface area contributed by atoms with Crippen LogP contribution in [-0.4, -0.2) is 17.7 Å². The quantitative estimate of drug-likeness (QED) is 0.858. The molecule has 0 aromatic heterocycles. The maximum atomic E-state index is 12.0. The van der Waals surface area contributed by atoms with E-state index in [0.29, 0.717) is 6.42 Å². The molecule has 0 spiro atoms. The van der Waals surface area contributed by atoms with Crippen molar-refractivity contribution in [3.05, 3.63) is 70.8 Å². The van der Waals surface area contributed by atoms with E-state index >= 15 is 0 Å². The summed E-state index contributed by atoms with van der Waals surface area (Å²) in [7, 11) is 0. The molecule has 0 saturated heterocycles. The molecule has 0 bridgehead atoms. The molecule has 1 unspecified atom stereocenters. The fourth-order valence-corrected chi connectivity index (χ4v) is 2.50. The molecule has 0 radical (unpaired) electrons. The predicted molar refractivity (Wildman–Crippen MR) is 79.9 cm³/mol. The zero-order chi connectivity index (χ0) is 14.1. The zero-order valence-electron chi connectivity index (χ0n) is 11.3. The molecule has 3 nitrogen and oxygen atoms in total. The van der Waals surface area contributed by atoms with Crippen LogP contribution in [0.25, 0.3) is 0 Å². The molecule has 2 aromatic carbocycles. The van der Waals surface area contributed by atoms with Gasteiger partial charge in [-0.2, -0.15) is 0 Å². The van der Waals surface area contributed by atoms with Crippen LogP contribution in [0.15, 0.2) is 53.5 Å². The van der Waals surface area contributed by atoms with Gasteiger partial charge in [0, 0.05) is 17.5 Å². The van der Waals surface area contributed by atoms with E-state index in [0.717, 1.165) is 28.0 Å². The first-order chi connectivity index (χ1) is 9.65. The molecule has 100 valence electrons. The highest BCUT2D eigenvalue weighted by molar-refractivity contribution is 6.16.